The fourth-order valence-corrected chi connectivity index (χ4v) is 3.32. The first-order valence-corrected chi connectivity index (χ1v) is 9.70. The number of fused-ring (bicyclic) bond motifs is 1. The van der Waals surface area contributed by atoms with Crippen LogP contribution in [-0.2, 0) is 11.2 Å². The molecule has 0 radical (unpaired) electrons. The third-order valence-electron chi connectivity index (χ3n) is 4.91. The van der Waals surface area contributed by atoms with E-state index in [1.165, 1.54) is 6.33 Å². The number of nitrogens with one attached hydrogen (secondary N) is 5. The van der Waals surface area contributed by atoms with Gasteiger partial charge in [0.1, 0.15) is 35.0 Å². The number of anilines is 2. The van der Waals surface area contributed by atoms with Crippen LogP contribution in [0.2, 0.25) is 0 Å². The molecule has 3 aromatic rings. The number of hydrogen-bond acceptors (Lipinski definition) is 9. The van der Waals surface area contributed by atoms with Gasteiger partial charge in [-0.1, -0.05) is 5.16 Å². The number of aromatic nitrogens is 5. The van der Waals surface area contributed by atoms with E-state index < -0.39 is 11.9 Å². The first kappa shape index (κ1) is 20.2. The summed E-state index contributed by atoms with van der Waals surface area (Å²) in [5.74, 6) is 1.30. The predicted octanol–water partition coefficient (Wildman–Crippen LogP) is 1.66. The normalized spacial score (nSPS) is 14.2. The van der Waals surface area contributed by atoms with Crippen LogP contribution in [0.3, 0.4) is 0 Å². The molecule has 5 N–H and O–H groups in total. The standard InChI is InChI=1S/C19H21N9O3/c1-9(13-6-11(28-31-13)18-25-12(7-20)17(21-2)27-18)24-19(30)15-10-4-3-5-14(29)26-16(10)23-8-22-15/h6-9,20-21H,3-5H2,1-2H3,(H,24,30)(H,25,27)(H,22,23,26,29)/t9-/m1/s1. The minimum Gasteiger partial charge on any atom is -0.373 e. The summed E-state index contributed by atoms with van der Waals surface area (Å²) in [7, 11) is 1.72. The van der Waals surface area contributed by atoms with Gasteiger partial charge in [-0.3, -0.25) is 9.59 Å². The fourth-order valence-electron chi connectivity index (χ4n) is 3.32. The maximum absolute atomic E-state index is 12.9. The summed E-state index contributed by atoms with van der Waals surface area (Å²) in [6.45, 7) is 1.76. The van der Waals surface area contributed by atoms with E-state index in [4.69, 9.17) is 9.93 Å². The Kier molecular flexibility index (Phi) is 5.43. The van der Waals surface area contributed by atoms with Crippen molar-refractivity contribution in [1.29, 1.82) is 5.41 Å². The first-order valence-electron chi connectivity index (χ1n) is 9.70. The van der Waals surface area contributed by atoms with Gasteiger partial charge in [0.25, 0.3) is 5.91 Å². The highest BCUT2D eigenvalue weighted by atomic mass is 16.5. The van der Waals surface area contributed by atoms with Gasteiger partial charge in [0, 0.05) is 31.3 Å². The molecule has 160 valence electrons. The number of nitrogens with zero attached hydrogens (tertiary/aromatic N) is 4. The predicted molar refractivity (Wildman–Crippen MR) is 111 cm³/mol. The molecular formula is C19H21N9O3. The Morgan fingerprint density at radius 1 is 1.35 bits per heavy atom. The van der Waals surface area contributed by atoms with E-state index >= 15 is 0 Å². The van der Waals surface area contributed by atoms with Crippen molar-refractivity contribution >= 4 is 29.7 Å². The number of carbonyl (C=O) groups excluding carboxylic acids is 2. The number of amides is 2. The lowest BCUT2D eigenvalue weighted by Crippen LogP contribution is -2.28. The monoisotopic (exact) mass is 423 g/mol. The molecule has 4 heterocycles. The molecule has 1 aliphatic rings. The molecule has 2 amide bonds. The van der Waals surface area contributed by atoms with E-state index in [1.54, 1.807) is 20.0 Å². The molecule has 3 aromatic heterocycles. The van der Waals surface area contributed by atoms with Crippen LogP contribution in [0.4, 0.5) is 11.6 Å². The van der Waals surface area contributed by atoms with Crippen molar-refractivity contribution in [2.45, 2.75) is 32.2 Å². The highest BCUT2D eigenvalue weighted by Gasteiger charge is 2.24. The van der Waals surface area contributed by atoms with Gasteiger partial charge >= 0.3 is 0 Å². The molecule has 0 bridgehead atoms. The second-order valence-corrected chi connectivity index (χ2v) is 7.00. The Bertz CT molecular complexity index is 1150. The average molecular weight is 423 g/mol. The van der Waals surface area contributed by atoms with Gasteiger partial charge in [0.15, 0.2) is 11.6 Å². The summed E-state index contributed by atoms with van der Waals surface area (Å²) in [6, 6.07) is 1.16. The van der Waals surface area contributed by atoms with Gasteiger partial charge in [-0.05, 0) is 19.8 Å². The van der Waals surface area contributed by atoms with Crippen LogP contribution in [0.5, 0.6) is 0 Å². The van der Waals surface area contributed by atoms with Crippen LogP contribution in [0.25, 0.3) is 11.5 Å². The number of rotatable bonds is 6. The Hall–Kier alpha value is -4.09. The fraction of sp³-hybridized carbons (Fsp3) is 0.316. The van der Waals surface area contributed by atoms with Gasteiger partial charge < -0.3 is 30.9 Å². The zero-order valence-corrected chi connectivity index (χ0v) is 16.9. The van der Waals surface area contributed by atoms with Gasteiger partial charge in [-0.2, -0.15) is 0 Å². The van der Waals surface area contributed by atoms with Crippen molar-refractivity contribution in [3.63, 3.8) is 0 Å². The van der Waals surface area contributed by atoms with Crippen LogP contribution in [0.15, 0.2) is 16.9 Å². The van der Waals surface area contributed by atoms with Crippen molar-refractivity contribution in [1.82, 2.24) is 30.4 Å². The van der Waals surface area contributed by atoms with Gasteiger partial charge in [0.2, 0.25) is 5.91 Å². The number of aromatic amines is 1. The zero-order valence-electron chi connectivity index (χ0n) is 16.9. The highest BCUT2D eigenvalue weighted by Crippen LogP contribution is 2.25. The molecule has 12 heteroatoms. The number of hydrogen-bond donors (Lipinski definition) is 5. The maximum Gasteiger partial charge on any atom is 0.270 e. The molecule has 1 aliphatic heterocycles. The maximum atomic E-state index is 12.9. The minimum absolute atomic E-state index is 0.128. The summed E-state index contributed by atoms with van der Waals surface area (Å²) in [5.41, 5.74) is 1.73. The number of carbonyl (C=O) groups is 2. The van der Waals surface area contributed by atoms with Gasteiger partial charge in [-0.25, -0.2) is 15.0 Å². The van der Waals surface area contributed by atoms with E-state index in [0.717, 1.165) is 6.21 Å². The van der Waals surface area contributed by atoms with Crippen molar-refractivity contribution in [2.24, 2.45) is 0 Å². The van der Waals surface area contributed by atoms with Crippen LogP contribution in [-0.4, -0.2) is 50.2 Å². The molecule has 0 saturated heterocycles. The summed E-state index contributed by atoms with van der Waals surface area (Å²) < 4.78 is 5.39. The molecule has 31 heavy (non-hydrogen) atoms. The Labute approximate surface area is 176 Å². The van der Waals surface area contributed by atoms with Crippen molar-refractivity contribution in [3.8, 4) is 11.5 Å². The van der Waals surface area contributed by atoms with Crippen LogP contribution >= 0.6 is 0 Å². The molecule has 0 spiro atoms. The van der Waals surface area contributed by atoms with Crippen LogP contribution in [0, 0.1) is 5.41 Å². The molecule has 4 rings (SSSR count). The lowest BCUT2D eigenvalue weighted by atomic mass is 10.1. The van der Waals surface area contributed by atoms with Gasteiger partial charge in [0.05, 0.1) is 6.04 Å². The lowest BCUT2D eigenvalue weighted by molar-refractivity contribution is -0.116. The summed E-state index contributed by atoms with van der Waals surface area (Å²) in [5, 5.41) is 19.9. The third-order valence-corrected chi connectivity index (χ3v) is 4.91. The summed E-state index contributed by atoms with van der Waals surface area (Å²) in [6.07, 6.45) is 3.90. The Morgan fingerprint density at radius 2 is 2.19 bits per heavy atom. The van der Waals surface area contributed by atoms with E-state index in [0.29, 0.717) is 59.4 Å². The van der Waals surface area contributed by atoms with E-state index in [9.17, 15) is 9.59 Å². The van der Waals surface area contributed by atoms with Gasteiger partial charge in [-0.15, -0.1) is 0 Å². The third kappa shape index (κ3) is 3.99. The zero-order chi connectivity index (χ0) is 22.0. The first-order chi connectivity index (χ1) is 15.0. The second kappa shape index (κ2) is 8.34. The van der Waals surface area contributed by atoms with Crippen LogP contribution in [0.1, 0.15) is 53.3 Å². The van der Waals surface area contributed by atoms with E-state index in [1.807, 2.05) is 0 Å². The second-order valence-electron chi connectivity index (χ2n) is 7.00. The average Bonchev–Trinajstić information content (AvgIpc) is 3.36. The van der Waals surface area contributed by atoms with Crippen molar-refractivity contribution in [3.05, 3.63) is 35.1 Å². The SMILES string of the molecule is CNc1[nH]c(-c2cc([C@@H](C)NC(=O)c3ncnc4c3CCCC(=O)N4)on2)nc1C=N. The Balaban J connectivity index is 1.52. The number of H-pyrrole nitrogens is 1. The summed E-state index contributed by atoms with van der Waals surface area (Å²) >= 11 is 0. The molecule has 0 aliphatic carbocycles. The molecule has 0 aromatic carbocycles. The summed E-state index contributed by atoms with van der Waals surface area (Å²) in [4.78, 5) is 40.2. The van der Waals surface area contributed by atoms with Crippen molar-refractivity contribution in [2.75, 3.05) is 17.7 Å². The molecule has 0 saturated carbocycles. The largest absolute Gasteiger partial charge is 0.373 e. The topological polar surface area (TPSA) is 175 Å². The minimum atomic E-state index is -0.499. The van der Waals surface area contributed by atoms with Crippen molar-refractivity contribution < 1.29 is 14.1 Å². The number of imidazole rings is 1. The molecule has 12 nitrogen and oxygen atoms in total. The van der Waals surface area contributed by atoms with E-state index in [2.05, 4.69) is 41.0 Å². The van der Waals surface area contributed by atoms with Crippen LogP contribution < -0.4 is 16.0 Å². The quantitative estimate of drug-likeness (QED) is 0.372. The Morgan fingerprint density at radius 3 is 2.94 bits per heavy atom. The molecule has 0 fully saturated rings. The van der Waals surface area contributed by atoms with E-state index in [-0.39, 0.29) is 11.6 Å². The molecular weight excluding hydrogens is 402 g/mol. The lowest BCUT2D eigenvalue weighted by Gasteiger charge is -2.13. The molecule has 0 unspecified atom stereocenters. The highest BCUT2D eigenvalue weighted by molar-refractivity contribution is 5.97. The smallest absolute Gasteiger partial charge is 0.270 e. The molecule has 1 atom stereocenters.